The molecular weight excluding hydrogens is 346 g/mol. The molecule has 1 heterocycles. The first-order valence-electron chi connectivity index (χ1n) is 8.21. The minimum absolute atomic E-state index is 0.0890. The van der Waals surface area contributed by atoms with Gasteiger partial charge in [-0.3, -0.25) is 9.59 Å². The highest BCUT2D eigenvalue weighted by atomic mass is 16.5. The highest BCUT2D eigenvalue weighted by Gasteiger charge is 2.14. The SMILES string of the molecule is COC(=O)CNC(=O)/C(C#N)=C/c1cc(C)n(-c2ccc(OC)cc2)c1C. The van der Waals surface area contributed by atoms with E-state index >= 15 is 0 Å². The van der Waals surface area contributed by atoms with Gasteiger partial charge in [0.1, 0.15) is 23.9 Å². The molecule has 27 heavy (non-hydrogen) atoms. The number of methoxy groups -OCH3 is 2. The Morgan fingerprint density at radius 1 is 1.22 bits per heavy atom. The van der Waals surface area contributed by atoms with Crippen molar-refractivity contribution in [3.63, 3.8) is 0 Å². The van der Waals surface area contributed by atoms with Crippen molar-refractivity contribution in [3.8, 4) is 17.5 Å². The number of hydrogen-bond donors (Lipinski definition) is 1. The summed E-state index contributed by atoms with van der Waals surface area (Å²) in [5, 5.41) is 11.7. The summed E-state index contributed by atoms with van der Waals surface area (Å²) in [4.78, 5) is 23.3. The van der Waals surface area contributed by atoms with Gasteiger partial charge in [0, 0.05) is 17.1 Å². The first-order chi connectivity index (χ1) is 12.9. The van der Waals surface area contributed by atoms with Gasteiger partial charge in [-0.05, 0) is 55.8 Å². The van der Waals surface area contributed by atoms with E-state index in [1.807, 2.05) is 54.8 Å². The van der Waals surface area contributed by atoms with Crippen molar-refractivity contribution in [1.29, 1.82) is 5.26 Å². The van der Waals surface area contributed by atoms with Gasteiger partial charge in [0.05, 0.1) is 14.2 Å². The molecule has 0 aliphatic heterocycles. The third kappa shape index (κ3) is 4.55. The Balaban J connectivity index is 2.33. The highest BCUT2D eigenvalue weighted by Crippen LogP contribution is 2.24. The van der Waals surface area contributed by atoms with Crippen LogP contribution in [0.25, 0.3) is 11.8 Å². The maximum absolute atomic E-state index is 12.1. The Morgan fingerprint density at radius 2 is 1.89 bits per heavy atom. The Bertz CT molecular complexity index is 918. The van der Waals surface area contributed by atoms with Crippen LogP contribution < -0.4 is 10.1 Å². The molecule has 7 heteroatoms. The van der Waals surface area contributed by atoms with Crippen molar-refractivity contribution >= 4 is 18.0 Å². The molecule has 7 nitrogen and oxygen atoms in total. The molecule has 0 fully saturated rings. The Kier molecular flexibility index (Phi) is 6.39. The van der Waals surface area contributed by atoms with Gasteiger partial charge in [0.15, 0.2) is 0 Å². The van der Waals surface area contributed by atoms with E-state index in [4.69, 9.17) is 4.74 Å². The quantitative estimate of drug-likeness (QED) is 0.480. The van der Waals surface area contributed by atoms with Gasteiger partial charge < -0.3 is 19.4 Å². The molecule has 1 N–H and O–H groups in total. The molecule has 0 radical (unpaired) electrons. The number of nitrogens with zero attached hydrogens (tertiary/aromatic N) is 2. The van der Waals surface area contributed by atoms with Gasteiger partial charge in [0.25, 0.3) is 5.91 Å². The van der Waals surface area contributed by atoms with Gasteiger partial charge in [-0.15, -0.1) is 0 Å². The predicted molar refractivity (Wildman–Crippen MR) is 100 cm³/mol. The van der Waals surface area contributed by atoms with E-state index in [0.29, 0.717) is 0 Å². The molecule has 0 atom stereocenters. The average Bonchev–Trinajstić information content (AvgIpc) is 2.96. The zero-order chi connectivity index (χ0) is 20.0. The standard InChI is InChI=1S/C20H21N3O4/c1-13-9-15(10-16(11-21)20(25)22-12-19(24)27-4)14(2)23(13)17-5-7-18(26-3)8-6-17/h5-10H,12H2,1-4H3,(H,22,25)/b16-10+. The lowest BCUT2D eigenvalue weighted by molar-refractivity contribution is -0.140. The second-order valence-corrected chi connectivity index (χ2v) is 5.79. The second kappa shape index (κ2) is 8.72. The van der Waals surface area contributed by atoms with Gasteiger partial charge in [-0.1, -0.05) is 0 Å². The van der Waals surface area contributed by atoms with Crippen LogP contribution in [0.3, 0.4) is 0 Å². The summed E-state index contributed by atoms with van der Waals surface area (Å²) in [6.45, 7) is 3.56. The first kappa shape index (κ1) is 19.8. The zero-order valence-corrected chi connectivity index (χ0v) is 15.7. The number of rotatable bonds is 6. The van der Waals surface area contributed by atoms with Gasteiger partial charge >= 0.3 is 5.97 Å². The first-order valence-corrected chi connectivity index (χ1v) is 8.21. The normalized spacial score (nSPS) is 10.9. The molecule has 0 saturated carbocycles. The number of carbonyl (C=O) groups excluding carboxylic acids is 2. The van der Waals surface area contributed by atoms with Crippen LogP contribution in [0.15, 0.2) is 35.9 Å². The molecular formula is C20H21N3O4. The molecule has 1 aromatic carbocycles. The number of hydrogen-bond acceptors (Lipinski definition) is 5. The summed E-state index contributed by atoms with van der Waals surface area (Å²) >= 11 is 0. The van der Waals surface area contributed by atoms with Gasteiger partial charge in [-0.25, -0.2) is 0 Å². The molecule has 2 rings (SSSR count). The number of nitrogens with one attached hydrogen (secondary N) is 1. The number of aryl methyl sites for hydroxylation is 1. The number of ether oxygens (including phenoxy) is 2. The van der Waals surface area contributed by atoms with Crippen molar-refractivity contribution in [3.05, 3.63) is 52.9 Å². The molecule has 0 aliphatic rings. The molecule has 0 aliphatic carbocycles. The molecule has 0 spiro atoms. The molecule has 140 valence electrons. The fourth-order valence-electron chi connectivity index (χ4n) is 2.69. The molecule has 0 unspecified atom stereocenters. The lowest BCUT2D eigenvalue weighted by atomic mass is 10.1. The average molecular weight is 367 g/mol. The fourth-order valence-corrected chi connectivity index (χ4v) is 2.69. The summed E-state index contributed by atoms with van der Waals surface area (Å²) < 4.78 is 11.7. The van der Waals surface area contributed by atoms with Crippen LogP contribution in [0, 0.1) is 25.2 Å². The second-order valence-electron chi connectivity index (χ2n) is 5.79. The van der Waals surface area contributed by atoms with E-state index in [2.05, 4.69) is 10.1 Å². The molecule has 0 saturated heterocycles. The molecule has 1 aromatic heterocycles. The smallest absolute Gasteiger partial charge is 0.325 e. The lowest BCUT2D eigenvalue weighted by Crippen LogP contribution is -2.30. The van der Waals surface area contributed by atoms with E-state index in [9.17, 15) is 14.9 Å². The number of nitriles is 1. The lowest BCUT2D eigenvalue weighted by Gasteiger charge is -2.10. The van der Waals surface area contributed by atoms with E-state index in [0.717, 1.165) is 28.4 Å². The number of aromatic nitrogens is 1. The summed E-state index contributed by atoms with van der Waals surface area (Å²) in [6.07, 6.45) is 1.51. The Hall–Kier alpha value is -3.53. The largest absolute Gasteiger partial charge is 0.497 e. The van der Waals surface area contributed by atoms with Crippen LogP contribution in [0.1, 0.15) is 17.0 Å². The van der Waals surface area contributed by atoms with Crippen LogP contribution in [0.5, 0.6) is 5.75 Å². The van der Waals surface area contributed by atoms with Crippen LogP contribution in [0.2, 0.25) is 0 Å². The van der Waals surface area contributed by atoms with E-state index in [1.54, 1.807) is 7.11 Å². The zero-order valence-electron chi connectivity index (χ0n) is 15.7. The van der Waals surface area contributed by atoms with Crippen molar-refractivity contribution in [2.45, 2.75) is 13.8 Å². The Labute approximate surface area is 157 Å². The highest BCUT2D eigenvalue weighted by molar-refractivity contribution is 6.02. The summed E-state index contributed by atoms with van der Waals surface area (Å²) in [5.41, 5.74) is 3.43. The van der Waals surface area contributed by atoms with Gasteiger partial charge in [-0.2, -0.15) is 5.26 Å². The minimum atomic E-state index is -0.628. The topological polar surface area (TPSA) is 93.4 Å². The maximum Gasteiger partial charge on any atom is 0.325 e. The minimum Gasteiger partial charge on any atom is -0.497 e. The van der Waals surface area contributed by atoms with E-state index in [-0.39, 0.29) is 12.1 Å². The van der Waals surface area contributed by atoms with E-state index < -0.39 is 11.9 Å². The predicted octanol–water partition coefficient (Wildman–Crippen LogP) is 2.30. The van der Waals surface area contributed by atoms with Crippen LogP contribution in [0.4, 0.5) is 0 Å². The third-order valence-electron chi connectivity index (χ3n) is 4.09. The summed E-state index contributed by atoms with van der Waals surface area (Å²) in [7, 11) is 2.84. The van der Waals surface area contributed by atoms with Crippen molar-refractivity contribution in [2.24, 2.45) is 0 Å². The Morgan fingerprint density at radius 3 is 2.44 bits per heavy atom. The maximum atomic E-state index is 12.1. The summed E-state index contributed by atoms with van der Waals surface area (Å²) in [6, 6.07) is 11.4. The number of carbonyl (C=O) groups is 2. The van der Waals surface area contributed by atoms with Crippen LogP contribution in [-0.4, -0.2) is 37.2 Å². The fraction of sp³-hybridized carbons (Fsp3) is 0.250. The number of benzene rings is 1. The third-order valence-corrected chi connectivity index (χ3v) is 4.09. The molecule has 2 aromatic rings. The molecule has 0 bridgehead atoms. The number of amides is 1. The van der Waals surface area contributed by atoms with Crippen molar-refractivity contribution < 1.29 is 19.1 Å². The van der Waals surface area contributed by atoms with Crippen molar-refractivity contribution in [1.82, 2.24) is 9.88 Å². The van der Waals surface area contributed by atoms with Crippen LogP contribution in [-0.2, 0) is 14.3 Å². The van der Waals surface area contributed by atoms with Crippen LogP contribution >= 0.6 is 0 Å². The van der Waals surface area contributed by atoms with Gasteiger partial charge in [0.2, 0.25) is 0 Å². The number of esters is 1. The summed E-state index contributed by atoms with van der Waals surface area (Å²) in [5.74, 6) is -0.453. The van der Waals surface area contributed by atoms with E-state index in [1.165, 1.54) is 13.2 Å². The van der Waals surface area contributed by atoms with Crippen molar-refractivity contribution in [2.75, 3.05) is 20.8 Å². The monoisotopic (exact) mass is 367 g/mol. The molecule has 1 amide bonds.